The van der Waals surface area contributed by atoms with Crippen molar-refractivity contribution in [3.05, 3.63) is 72.2 Å². The van der Waals surface area contributed by atoms with Gasteiger partial charge in [-0.15, -0.1) is 0 Å². The Bertz CT molecular complexity index is 960. The van der Waals surface area contributed by atoms with Gasteiger partial charge in [-0.05, 0) is 44.5 Å². The van der Waals surface area contributed by atoms with Crippen LogP contribution in [0.1, 0.15) is 44.0 Å². The molecule has 0 aromatic carbocycles. The van der Waals surface area contributed by atoms with Crippen molar-refractivity contribution in [2.45, 2.75) is 39.3 Å². The van der Waals surface area contributed by atoms with Crippen LogP contribution in [0.5, 0.6) is 0 Å². The van der Waals surface area contributed by atoms with E-state index in [1.165, 1.54) is 5.57 Å². The highest BCUT2D eigenvalue weighted by Gasteiger charge is 2.39. The molecule has 0 unspecified atom stereocenters. The van der Waals surface area contributed by atoms with E-state index in [4.69, 9.17) is 9.59 Å². The van der Waals surface area contributed by atoms with E-state index in [0.717, 1.165) is 17.6 Å². The molecule has 0 bridgehead atoms. The third-order valence-corrected chi connectivity index (χ3v) is 4.98. The predicted molar refractivity (Wildman–Crippen MR) is 136 cm³/mol. The maximum absolute atomic E-state index is 12.8. The average Bonchev–Trinajstić information content (AvgIpc) is 3.31. The molecular weight excluding hydrogens is 435 g/mol. The molecule has 1 N–H and O–H groups in total. The molecule has 1 aliphatic heterocycles. The SMILES string of the molecule is C=C(/C=C\C(C)=C/CC)CNC(=O)c1ccc2nccn2c1.C=O.C=O.CCC1(F)CN(C)C1. The highest BCUT2D eigenvalue weighted by Crippen LogP contribution is 2.26. The summed E-state index contributed by atoms with van der Waals surface area (Å²) in [5, 5.41) is 2.87. The molecule has 186 valence electrons. The number of hydrogen-bond acceptors (Lipinski definition) is 5. The molecule has 2 aromatic rings. The number of carbonyl (C=O) groups excluding carboxylic acids is 3. The van der Waals surface area contributed by atoms with Crippen molar-refractivity contribution in [1.29, 1.82) is 0 Å². The molecular formula is C26H37FN4O3. The van der Waals surface area contributed by atoms with Gasteiger partial charge >= 0.3 is 0 Å². The first-order chi connectivity index (χ1) is 16.3. The van der Waals surface area contributed by atoms with Crippen LogP contribution in [0, 0.1) is 0 Å². The quantitative estimate of drug-likeness (QED) is 0.610. The number of nitrogens with zero attached hydrogens (tertiary/aromatic N) is 3. The summed E-state index contributed by atoms with van der Waals surface area (Å²) in [6.45, 7) is 15.7. The highest BCUT2D eigenvalue weighted by molar-refractivity contribution is 5.94. The van der Waals surface area contributed by atoms with E-state index in [-0.39, 0.29) is 5.91 Å². The maximum atomic E-state index is 12.8. The molecule has 34 heavy (non-hydrogen) atoms. The third kappa shape index (κ3) is 10.5. The lowest BCUT2D eigenvalue weighted by Crippen LogP contribution is -2.56. The van der Waals surface area contributed by atoms with Crippen molar-refractivity contribution in [2.24, 2.45) is 0 Å². The van der Waals surface area contributed by atoms with Crippen molar-refractivity contribution >= 4 is 25.1 Å². The number of carbonyl (C=O) groups is 3. The van der Waals surface area contributed by atoms with E-state index in [1.807, 2.05) is 68.2 Å². The molecule has 3 rings (SSSR count). The second-order valence-corrected chi connectivity index (χ2v) is 7.82. The van der Waals surface area contributed by atoms with Crippen LogP contribution in [-0.2, 0) is 9.59 Å². The fourth-order valence-corrected chi connectivity index (χ4v) is 3.19. The number of likely N-dealkylation sites (tertiary alicyclic amines) is 1. The van der Waals surface area contributed by atoms with E-state index < -0.39 is 5.67 Å². The molecule has 2 aromatic heterocycles. The van der Waals surface area contributed by atoms with Crippen LogP contribution in [0.25, 0.3) is 5.65 Å². The zero-order valence-electron chi connectivity index (χ0n) is 20.7. The fourth-order valence-electron chi connectivity index (χ4n) is 3.19. The van der Waals surface area contributed by atoms with Crippen molar-refractivity contribution in [3.63, 3.8) is 0 Å². The van der Waals surface area contributed by atoms with Crippen molar-refractivity contribution < 1.29 is 18.8 Å². The Hall–Kier alpha value is -3.39. The zero-order valence-corrected chi connectivity index (χ0v) is 20.7. The summed E-state index contributed by atoms with van der Waals surface area (Å²) >= 11 is 0. The van der Waals surface area contributed by atoms with E-state index in [1.54, 1.807) is 18.5 Å². The smallest absolute Gasteiger partial charge is 0.253 e. The van der Waals surface area contributed by atoms with Crippen LogP contribution in [0.15, 0.2) is 66.7 Å². The normalized spacial score (nSPS) is 14.4. The van der Waals surface area contributed by atoms with Crippen molar-refractivity contribution in [1.82, 2.24) is 19.6 Å². The average molecular weight is 473 g/mol. The molecule has 1 amide bonds. The zero-order chi connectivity index (χ0) is 26.1. The summed E-state index contributed by atoms with van der Waals surface area (Å²) in [5.74, 6) is -0.119. The van der Waals surface area contributed by atoms with E-state index >= 15 is 0 Å². The minimum atomic E-state index is -0.839. The van der Waals surface area contributed by atoms with Gasteiger partial charge < -0.3 is 19.3 Å². The van der Waals surface area contributed by atoms with Crippen LogP contribution >= 0.6 is 0 Å². The molecule has 0 spiro atoms. The molecule has 1 fully saturated rings. The minimum absolute atomic E-state index is 0.119. The maximum Gasteiger partial charge on any atom is 0.253 e. The van der Waals surface area contributed by atoms with Gasteiger partial charge in [-0.3, -0.25) is 9.69 Å². The van der Waals surface area contributed by atoms with Gasteiger partial charge in [0.05, 0.1) is 5.56 Å². The Morgan fingerprint density at radius 2 is 1.85 bits per heavy atom. The fraction of sp³-hybridized carbons (Fsp3) is 0.385. The summed E-state index contributed by atoms with van der Waals surface area (Å²) in [6.07, 6.45) is 13.0. The first-order valence-corrected chi connectivity index (χ1v) is 10.9. The second-order valence-electron chi connectivity index (χ2n) is 7.82. The van der Waals surface area contributed by atoms with Gasteiger partial charge in [-0.25, -0.2) is 9.37 Å². The lowest BCUT2D eigenvalue weighted by atomic mass is 9.94. The van der Waals surface area contributed by atoms with Gasteiger partial charge in [0.25, 0.3) is 5.91 Å². The highest BCUT2D eigenvalue weighted by atomic mass is 19.1. The van der Waals surface area contributed by atoms with Gasteiger partial charge in [0, 0.05) is 38.2 Å². The number of hydrogen-bond donors (Lipinski definition) is 1. The van der Waals surface area contributed by atoms with Gasteiger partial charge in [0.2, 0.25) is 0 Å². The predicted octanol–water partition coefficient (Wildman–Crippen LogP) is 4.21. The lowest BCUT2D eigenvalue weighted by molar-refractivity contribution is -0.0987. The van der Waals surface area contributed by atoms with Gasteiger partial charge in [0.1, 0.15) is 24.9 Å². The molecule has 7 nitrogen and oxygen atoms in total. The molecule has 0 aliphatic carbocycles. The molecule has 1 saturated heterocycles. The van der Waals surface area contributed by atoms with Crippen LogP contribution in [-0.4, -0.2) is 66.1 Å². The Labute approximate surface area is 202 Å². The number of fused-ring (bicyclic) bond motifs is 1. The molecule has 8 heteroatoms. The first-order valence-electron chi connectivity index (χ1n) is 10.9. The monoisotopic (exact) mass is 472 g/mol. The number of imidazole rings is 1. The summed E-state index contributed by atoms with van der Waals surface area (Å²) < 4.78 is 14.7. The number of nitrogens with one attached hydrogen (secondary N) is 1. The number of alkyl halides is 1. The standard InChI is InChI=1S/C18H21N3O.C6H12FN.2CH2O/c1-4-5-14(2)6-7-15(3)12-20-18(22)16-8-9-17-19-10-11-21(17)13-16;1-3-6(7)4-8(2)5-6;2*1-2/h5-11,13H,3-4,12H2,1-2H3,(H,20,22);3-5H2,1-2H3;2*1H2/b7-6-,14-5-;;;. The number of amides is 1. The molecule has 1 aliphatic rings. The minimum Gasteiger partial charge on any atom is -0.348 e. The van der Waals surface area contributed by atoms with Crippen LogP contribution < -0.4 is 5.32 Å². The van der Waals surface area contributed by atoms with Gasteiger partial charge in [0.15, 0.2) is 0 Å². The van der Waals surface area contributed by atoms with Gasteiger partial charge in [-0.2, -0.15) is 0 Å². The van der Waals surface area contributed by atoms with Crippen molar-refractivity contribution in [3.8, 4) is 0 Å². The van der Waals surface area contributed by atoms with Crippen LogP contribution in [0.2, 0.25) is 0 Å². The number of pyridine rings is 1. The lowest BCUT2D eigenvalue weighted by Gasteiger charge is -2.41. The largest absolute Gasteiger partial charge is 0.348 e. The third-order valence-electron chi connectivity index (χ3n) is 4.98. The Morgan fingerprint density at radius 3 is 2.38 bits per heavy atom. The van der Waals surface area contributed by atoms with Crippen LogP contribution in [0.3, 0.4) is 0 Å². The van der Waals surface area contributed by atoms with Crippen molar-refractivity contribution in [2.75, 3.05) is 26.7 Å². The molecule has 0 saturated carbocycles. The summed E-state index contributed by atoms with van der Waals surface area (Å²) in [5.41, 5.74) is 2.64. The summed E-state index contributed by atoms with van der Waals surface area (Å²) in [7, 11) is 1.94. The number of allylic oxidation sites excluding steroid dienone is 3. The summed E-state index contributed by atoms with van der Waals surface area (Å²) in [6, 6.07) is 3.59. The van der Waals surface area contributed by atoms with E-state index in [0.29, 0.717) is 31.6 Å². The Balaban J connectivity index is 0.000000755. The second kappa shape index (κ2) is 16.3. The number of rotatable bonds is 7. The van der Waals surface area contributed by atoms with Gasteiger partial charge in [-0.1, -0.05) is 44.2 Å². The topological polar surface area (TPSA) is 83.8 Å². The molecule has 0 radical (unpaired) electrons. The first kappa shape index (κ1) is 30.6. The Kier molecular flexibility index (Phi) is 14.6. The summed E-state index contributed by atoms with van der Waals surface area (Å²) in [4.78, 5) is 34.3. The van der Waals surface area contributed by atoms with E-state index in [9.17, 15) is 9.18 Å². The number of halogens is 1. The van der Waals surface area contributed by atoms with Crippen LogP contribution in [0.4, 0.5) is 4.39 Å². The Morgan fingerprint density at radius 1 is 1.21 bits per heavy atom. The van der Waals surface area contributed by atoms with E-state index in [2.05, 4.69) is 29.9 Å². The molecule has 0 atom stereocenters. The number of aromatic nitrogens is 2. The molecule has 3 heterocycles.